The fourth-order valence-corrected chi connectivity index (χ4v) is 2.14. The summed E-state index contributed by atoms with van der Waals surface area (Å²) in [5.41, 5.74) is 0.385. The quantitative estimate of drug-likeness (QED) is 0.905. The Balaban J connectivity index is 2.51. The minimum atomic E-state index is -1.21. The highest BCUT2D eigenvalue weighted by Crippen LogP contribution is 2.34. The Kier molecular flexibility index (Phi) is 3.62. The summed E-state index contributed by atoms with van der Waals surface area (Å²) < 4.78 is 13.5. The zero-order valence-electron chi connectivity index (χ0n) is 8.57. The van der Waals surface area contributed by atoms with Crippen LogP contribution in [0.15, 0.2) is 36.7 Å². The minimum absolute atomic E-state index is 0.0926. The number of hydrogen-bond acceptors (Lipinski definition) is 2. The summed E-state index contributed by atoms with van der Waals surface area (Å²) in [5.74, 6) is -0.601. The van der Waals surface area contributed by atoms with Crippen molar-refractivity contribution in [3.05, 3.63) is 63.6 Å². The molecule has 1 aromatic carbocycles. The van der Waals surface area contributed by atoms with Gasteiger partial charge in [0.15, 0.2) is 0 Å². The number of aliphatic hydroxyl groups excluding tert-OH is 1. The molecule has 2 aromatic rings. The number of rotatable bonds is 2. The van der Waals surface area contributed by atoms with Gasteiger partial charge in [-0.3, -0.25) is 4.98 Å². The Morgan fingerprint density at radius 3 is 2.41 bits per heavy atom. The monoisotopic (exact) mass is 271 g/mol. The van der Waals surface area contributed by atoms with E-state index < -0.39 is 11.9 Å². The molecule has 0 aliphatic rings. The van der Waals surface area contributed by atoms with E-state index in [-0.39, 0.29) is 5.56 Å². The molecule has 0 spiro atoms. The third kappa shape index (κ3) is 2.41. The van der Waals surface area contributed by atoms with Crippen LogP contribution in [0.4, 0.5) is 4.39 Å². The Labute approximate surface area is 108 Å². The summed E-state index contributed by atoms with van der Waals surface area (Å²) in [7, 11) is 0. The molecule has 0 amide bonds. The van der Waals surface area contributed by atoms with E-state index in [9.17, 15) is 9.50 Å². The smallest absolute Gasteiger partial charge is 0.147 e. The number of aliphatic hydroxyl groups is 1. The average molecular weight is 272 g/mol. The molecule has 0 aliphatic carbocycles. The number of benzene rings is 1. The van der Waals surface area contributed by atoms with E-state index >= 15 is 0 Å². The molecule has 0 fully saturated rings. The first-order valence-electron chi connectivity index (χ1n) is 4.82. The van der Waals surface area contributed by atoms with Gasteiger partial charge in [-0.1, -0.05) is 29.3 Å². The van der Waals surface area contributed by atoms with Crippen LogP contribution in [0.5, 0.6) is 0 Å². The van der Waals surface area contributed by atoms with Crippen LogP contribution in [-0.4, -0.2) is 10.1 Å². The third-order valence-corrected chi connectivity index (χ3v) is 3.03. The van der Waals surface area contributed by atoms with Crippen molar-refractivity contribution in [3.8, 4) is 0 Å². The number of nitrogens with zero attached hydrogens (tertiary/aromatic N) is 1. The fourth-order valence-electron chi connectivity index (χ4n) is 1.54. The Hall–Kier alpha value is -1.16. The lowest BCUT2D eigenvalue weighted by molar-refractivity contribution is 0.215. The molecular weight excluding hydrogens is 264 g/mol. The maximum Gasteiger partial charge on any atom is 0.147 e. The van der Waals surface area contributed by atoms with Gasteiger partial charge in [-0.05, 0) is 18.2 Å². The Morgan fingerprint density at radius 2 is 1.82 bits per heavy atom. The van der Waals surface area contributed by atoms with Gasteiger partial charge in [0, 0.05) is 27.4 Å². The Bertz CT molecular complexity index is 528. The summed E-state index contributed by atoms with van der Waals surface area (Å²) in [6, 6.07) is 6.22. The van der Waals surface area contributed by atoms with Gasteiger partial charge in [-0.2, -0.15) is 0 Å². The highest BCUT2D eigenvalue weighted by molar-refractivity contribution is 6.36. The van der Waals surface area contributed by atoms with Gasteiger partial charge in [-0.15, -0.1) is 0 Å². The molecule has 5 heteroatoms. The zero-order chi connectivity index (χ0) is 12.4. The van der Waals surface area contributed by atoms with Crippen molar-refractivity contribution in [2.45, 2.75) is 6.10 Å². The van der Waals surface area contributed by atoms with Crippen molar-refractivity contribution in [2.24, 2.45) is 0 Å². The molecule has 0 aliphatic heterocycles. The van der Waals surface area contributed by atoms with E-state index in [1.807, 2.05) is 0 Å². The van der Waals surface area contributed by atoms with E-state index in [1.54, 1.807) is 18.2 Å². The zero-order valence-corrected chi connectivity index (χ0v) is 10.1. The summed E-state index contributed by atoms with van der Waals surface area (Å²) >= 11 is 11.9. The van der Waals surface area contributed by atoms with Gasteiger partial charge >= 0.3 is 0 Å². The number of aromatic nitrogens is 1. The molecule has 88 valence electrons. The van der Waals surface area contributed by atoms with Crippen LogP contribution in [0.2, 0.25) is 10.0 Å². The van der Waals surface area contributed by atoms with Crippen molar-refractivity contribution < 1.29 is 9.50 Å². The van der Waals surface area contributed by atoms with Crippen LogP contribution >= 0.6 is 23.2 Å². The lowest BCUT2D eigenvalue weighted by Gasteiger charge is -2.15. The van der Waals surface area contributed by atoms with Crippen molar-refractivity contribution in [3.63, 3.8) is 0 Å². The molecule has 2 rings (SSSR count). The standard InChI is InChI=1S/C12H8Cl2FNO/c13-8-2-1-3-9(14)11(8)12(17)7-4-5-16-6-10(7)15/h1-6,12,17H. The fraction of sp³-hybridized carbons (Fsp3) is 0.0833. The van der Waals surface area contributed by atoms with E-state index in [0.29, 0.717) is 15.6 Å². The van der Waals surface area contributed by atoms with Crippen LogP contribution in [-0.2, 0) is 0 Å². The van der Waals surface area contributed by atoms with Crippen LogP contribution in [0.3, 0.4) is 0 Å². The van der Waals surface area contributed by atoms with Crippen molar-refractivity contribution >= 4 is 23.2 Å². The van der Waals surface area contributed by atoms with Crippen molar-refractivity contribution in [2.75, 3.05) is 0 Å². The van der Waals surface area contributed by atoms with Crippen LogP contribution < -0.4 is 0 Å². The van der Waals surface area contributed by atoms with Crippen molar-refractivity contribution in [1.29, 1.82) is 0 Å². The van der Waals surface area contributed by atoms with Gasteiger partial charge in [0.25, 0.3) is 0 Å². The minimum Gasteiger partial charge on any atom is -0.383 e. The second kappa shape index (κ2) is 5.00. The molecule has 17 heavy (non-hydrogen) atoms. The summed E-state index contributed by atoms with van der Waals surface area (Å²) in [6.07, 6.45) is 1.22. The first-order valence-corrected chi connectivity index (χ1v) is 5.58. The van der Waals surface area contributed by atoms with Gasteiger partial charge in [-0.25, -0.2) is 4.39 Å². The SMILES string of the molecule is OC(c1ccncc1F)c1c(Cl)cccc1Cl. The third-order valence-electron chi connectivity index (χ3n) is 2.37. The topological polar surface area (TPSA) is 33.1 Å². The van der Waals surface area contributed by atoms with E-state index in [0.717, 1.165) is 6.20 Å². The Morgan fingerprint density at radius 1 is 1.18 bits per heavy atom. The molecule has 0 bridgehead atoms. The molecule has 1 aromatic heterocycles. The van der Waals surface area contributed by atoms with Crippen LogP contribution in [0.25, 0.3) is 0 Å². The first kappa shape index (κ1) is 12.3. The molecule has 2 nitrogen and oxygen atoms in total. The molecular formula is C12H8Cl2FNO. The second-order valence-corrected chi connectivity index (χ2v) is 4.25. The molecule has 0 saturated carbocycles. The molecule has 1 N–H and O–H groups in total. The highest BCUT2D eigenvalue weighted by Gasteiger charge is 2.20. The highest BCUT2D eigenvalue weighted by atomic mass is 35.5. The second-order valence-electron chi connectivity index (χ2n) is 3.44. The summed E-state index contributed by atoms with van der Waals surface area (Å²) in [4.78, 5) is 3.61. The lowest BCUT2D eigenvalue weighted by Crippen LogP contribution is -2.04. The van der Waals surface area contributed by atoms with Gasteiger partial charge in [0.1, 0.15) is 11.9 Å². The van der Waals surface area contributed by atoms with Crippen molar-refractivity contribution in [1.82, 2.24) is 4.98 Å². The first-order chi connectivity index (χ1) is 8.11. The maximum atomic E-state index is 13.5. The summed E-state index contributed by atoms with van der Waals surface area (Å²) in [6.45, 7) is 0. The lowest BCUT2D eigenvalue weighted by atomic mass is 10.0. The number of halogens is 3. The molecule has 0 saturated heterocycles. The van der Waals surface area contributed by atoms with Crippen LogP contribution in [0, 0.1) is 5.82 Å². The van der Waals surface area contributed by atoms with E-state index in [2.05, 4.69) is 4.98 Å². The average Bonchev–Trinajstić information content (AvgIpc) is 2.29. The molecule has 1 unspecified atom stereocenters. The predicted octanol–water partition coefficient (Wildman–Crippen LogP) is 3.61. The van der Waals surface area contributed by atoms with Crippen LogP contribution in [0.1, 0.15) is 17.2 Å². The number of hydrogen-bond donors (Lipinski definition) is 1. The maximum absolute atomic E-state index is 13.5. The van der Waals surface area contributed by atoms with Gasteiger partial charge in [0.2, 0.25) is 0 Å². The normalized spacial score (nSPS) is 12.5. The molecule has 1 atom stereocenters. The van der Waals surface area contributed by atoms with Gasteiger partial charge in [0.05, 0.1) is 6.20 Å². The largest absolute Gasteiger partial charge is 0.383 e. The summed E-state index contributed by atoms with van der Waals surface area (Å²) in [5, 5.41) is 10.7. The molecule has 0 radical (unpaired) electrons. The van der Waals surface area contributed by atoms with E-state index in [1.165, 1.54) is 12.3 Å². The van der Waals surface area contributed by atoms with E-state index in [4.69, 9.17) is 23.2 Å². The molecule has 1 heterocycles. The number of pyridine rings is 1. The van der Waals surface area contributed by atoms with Gasteiger partial charge < -0.3 is 5.11 Å². The predicted molar refractivity (Wildman–Crippen MR) is 64.7 cm³/mol.